The third-order valence-corrected chi connectivity index (χ3v) is 6.36. The van der Waals surface area contributed by atoms with Gasteiger partial charge in [-0.25, -0.2) is 9.37 Å². The molecule has 0 aliphatic heterocycles. The fourth-order valence-electron chi connectivity index (χ4n) is 4.32. The van der Waals surface area contributed by atoms with Crippen molar-refractivity contribution >= 4 is 22.4 Å². The summed E-state index contributed by atoms with van der Waals surface area (Å²) in [4.78, 5) is 8.85. The molecule has 1 aliphatic carbocycles. The monoisotopic (exact) mass is 437 g/mol. The van der Waals surface area contributed by atoms with Crippen LogP contribution >= 0.6 is 0 Å². The second-order valence-electron chi connectivity index (χ2n) is 8.30. The van der Waals surface area contributed by atoms with Crippen LogP contribution in [0.3, 0.4) is 0 Å². The number of benzene rings is 2. The van der Waals surface area contributed by atoms with Gasteiger partial charge in [-0.15, -0.1) is 10.2 Å². The highest BCUT2D eigenvalue weighted by Crippen LogP contribution is 2.53. The van der Waals surface area contributed by atoms with Gasteiger partial charge in [-0.3, -0.25) is 4.98 Å². The summed E-state index contributed by atoms with van der Waals surface area (Å²) in [7, 11) is 1.71. The number of aromatic nitrogens is 6. The summed E-state index contributed by atoms with van der Waals surface area (Å²) in [5.41, 5.74) is 3.95. The summed E-state index contributed by atoms with van der Waals surface area (Å²) in [6.07, 6.45) is 5.28. The lowest BCUT2D eigenvalue weighted by Gasteiger charge is -2.14. The zero-order valence-corrected chi connectivity index (χ0v) is 18.0. The topological polar surface area (TPSA) is 80.9 Å². The van der Waals surface area contributed by atoms with Crippen LogP contribution in [0.5, 0.6) is 0 Å². The molecular weight excluding hydrogens is 417 g/mol. The zero-order valence-electron chi connectivity index (χ0n) is 18.0. The van der Waals surface area contributed by atoms with Gasteiger partial charge in [-0.2, -0.15) is 9.61 Å². The first kappa shape index (κ1) is 19.5. The molecule has 0 bridgehead atoms. The zero-order chi connectivity index (χ0) is 22.6. The van der Waals surface area contributed by atoms with E-state index in [0.29, 0.717) is 28.3 Å². The third kappa shape index (κ3) is 3.06. The normalized spacial score (nSPS) is 14.5. The van der Waals surface area contributed by atoms with E-state index in [0.717, 1.165) is 35.1 Å². The predicted octanol–water partition coefficient (Wildman–Crippen LogP) is 4.14. The summed E-state index contributed by atoms with van der Waals surface area (Å²) in [6.45, 7) is 3.83. The molecule has 2 aromatic carbocycles. The van der Waals surface area contributed by atoms with Crippen LogP contribution in [0.4, 0.5) is 4.39 Å². The van der Waals surface area contributed by atoms with Crippen molar-refractivity contribution in [1.29, 1.82) is 0 Å². The minimum Gasteiger partial charge on any atom is -0.388 e. The molecule has 0 spiro atoms. The average Bonchev–Trinajstić information content (AvgIpc) is 3.55. The van der Waals surface area contributed by atoms with Crippen LogP contribution in [-0.4, -0.2) is 36.8 Å². The van der Waals surface area contributed by atoms with Gasteiger partial charge in [0.15, 0.2) is 5.82 Å². The molecule has 6 rings (SSSR count). The van der Waals surface area contributed by atoms with Crippen LogP contribution in [0.25, 0.3) is 33.6 Å². The van der Waals surface area contributed by atoms with Crippen molar-refractivity contribution in [2.75, 3.05) is 7.05 Å². The molecule has 1 saturated carbocycles. The largest absolute Gasteiger partial charge is 0.388 e. The highest BCUT2D eigenvalue weighted by Gasteiger charge is 2.50. The Morgan fingerprint density at radius 3 is 2.76 bits per heavy atom. The average molecular weight is 437 g/mol. The van der Waals surface area contributed by atoms with Crippen LogP contribution in [0.2, 0.25) is 0 Å². The van der Waals surface area contributed by atoms with Crippen molar-refractivity contribution in [2.24, 2.45) is 0 Å². The number of hydrogen-bond donors (Lipinski definition) is 1. The number of nitrogens with one attached hydrogen (secondary N) is 1. The van der Waals surface area contributed by atoms with Crippen LogP contribution in [0, 0.1) is 5.82 Å². The molecule has 0 atom stereocenters. The lowest BCUT2D eigenvalue weighted by atomic mass is 9.94. The summed E-state index contributed by atoms with van der Waals surface area (Å²) in [5, 5.41) is 17.4. The van der Waals surface area contributed by atoms with E-state index in [1.165, 1.54) is 6.07 Å². The summed E-state index contributed by atoms with van der Waals surface area (Å²) < 4.78 is 16.4. The minimum absolute atomic E-state index is 0.267. The van der Waals surface area contributed by atoms with Crippen molar-refractivity contribution in [3.05, 3.63) is 90.3 Å². The molecule has 8 heteroatoms. The van der Waals surface area contributed by atoms with Gasteiger partial charge in [0, 0.05) is 35.5 Å². The summed E-state index contributed by atoms with van der Waals surface area (Å²) in [5.74, 6) is 0.792. The second kappa shape index (κ2) is 7.16. The Hall–Kier alpha value is -4.20. The Morgan fingerprint density at radius 2 is 1.97 bits per heavy atom. The Labute approximate surface area is 189 Å². The molecule has 3 aromatic heterocycles. The van der Waals surface area contributed by atoms with E-state index in [2.05, 4.69) is 50.3 Å². The maximum absolute atomic E-state index is 14.7. The number of rotatable bonds is 5. The molecule has 0 unspecified atom stereocenters. The summed E-state index contributed by atoms with van der Waals surface area (Å²) >= 11 is 0. The van der Waals surface area contributed by atoms with Crippen molar-refractivity contribution in [3.8, 4) is 11.3 Å². The molecule has 5 aromatic rings. The Balaban J connectivity index is 1.44. The van der Waals surface area contributed by atoms with Crippen LogP contribution in [0.15, 0.2) is 67.5 Å². The van der Waals surface area contributed by atoms with Gasteiger partial charge in [0.2, 0.25) is 0 Å². The molecule has 7 nitrogen and oxygen atoms in total. The van der Waals surface area contributed by atoms with E-state index < -0.39 is 0 Å². The van der Waals surface area contributed by atoms with E-state index in [1.807, 2.05) is 18.2 Å². The SMILES string of the molecule is C=C(NC)c1ccc(-c2cnc3nnc(C4(c5ccc6ncccc6c5)CC4)n3n2)cc1F. The van der Waals surface area contributed by atoms with Gasteiger partial charge in [-0.05, 0) is 48.7 Å². The smallest absolute Gasteiger partial charge is 0.271 e. The quantitative estimate of drug-likeness (QED) is 0.445. The molecule has 1 fully saturated rings. The molecule has 0 amide bonds. The fourth-order valence-corrected chi connectivity index (χ4v) is 4.32. The van der Waals surface area contributed by atoms with E-state index >= 15 is 0 Å². The van der Waals surface area contributed by atoms with Crippen molar-refractivity contribution in [3.63, 3.8) is 0 Å². The number of halogens is 1. The first-order chi connectivity index (χ1) is 16.1. The van der Waals surface area contributed by atoms with E-state index in [-0.39, 0.29) is 11.2 Å². The number of hydrogen-bond acceptors (Lipinski definition) is 6. The molecule has 3 heterocycles. The van der Waals surface area contributed by atoms with E-state index in [1.54, 1.807) is 30.0 Å². The van der Waals surface area contributed by atoms with Gasteiger partial charge in [0.25, 0.3) is 5.78 Å². The number of fused-ring (bicyclic) bond motifs is 2. The van der Waals surface area contributed by atoms with Gasteiger partial charge >= 0.3 is 0 Å². The maximum Gasteiger partial charge on any atom is 0.271 e. The van der Waals surface area contributed by atoms with Crippen molar-refractivity contribution < 1.29 is 4.39 Å². The minimum atomic E-state index is -0.374. The molecule has 1 N–H and O–H groups in total. The lowest BCUT2D eigenvalue weighted by molar-refractivity contribution is 0.623. The van der Waals surface area contributed by atoms with Gasteiger partial charge in [0.05, 0.1) is 17.1 Å². The predicted molar refractivity (Wildman–Crippen MR) is 124 cm³/mol. The molecular formula is C25H20FN7. The maximum atomic E-state index is 14.7. The molecule has 1 aliphatic rings. The van der Waals surface area contributed by atoms with Crippen LogP contribution in [0.1, 0.15) is 29.8 Å². The number of nitrogens with zero attached hydrogens (tertiary/aromatic N) is 6. The molecule has 162 valence electrons. The third-order valence-electron chi connectivity index (χ3n) is 6.36. The Bertz CT molecular complexity index is 1550. The fraction of sp³-hybridized carbons (Fsp3) is 0.160. The highest BCUT2D eigenvalue weighted by molar-refractivity contribution is 5.79. The van der Waals surface area contributed by atoms with Gasteiger partial charge < -0.3 is 5.32 Å². The molecule has 0 radical (unpaired) electrons. The summed E-state index contributed by atoms with van der Waals surface area (Å²) in [6, 6.07) is 15.2. The Morgan fingerprint density at radius 1 is 1.09 bits per heavy atom. The van der Waals surface area contributed by atoms with Crippen molar-refractivity contribution in [2.45, 2.75) is 18.3 Å². The molecule has 0 saturated heterocycles. The Kier molecular flexibility index (Phi) is 4.23. The number of pyridine rings is 1. The lowest BCUT2D eigenvalue weighted by Crippen LogP contribution is -2.15. The second-order valence-corrected chi connectivity index (χ2v) is 8.30. The van der Waals surface area contributed by atoms with Gasteiger partial charge in [0.1, 0.15) is 11.5 Å². The van der Waals surface area contributed by atoms with E-state index in [9.17, 15) is 4.39 Å². The van der Waals surface area contributed by atoms with Crippen molar-refractivity contribution in [1.82, 2.24) is 35.1 Å². The standard InChI is InChI=1S/C25H20FN7/c1-15(27-2)19-7-5-17(13-20(19)26)22-14-29-24-31-30-23(33(24)32-22)25(9-10-25)18-6-8-21-16(12-18)4-3-11-28-21/h3-8,11-14,27H,1,9-10H2,2H3. The molecule has 33 heavy (non-hydrogen) atoms. The highest BCUT2D eigenvalue weighted by atomic mass is 19.1. The van der Waals surface area contributed by atoms with E-state index in [4.69, 9.17) is 5.10 Å². The first-order valence-corrected chi connectivity index (χ1v) is 10.7. The first-order valence-electron chi connectivity index (χ1n) is 10.7. The van der Waals surface area contributed by atoms with Gasteiger partial charge in [-0.1, -0.05) is 24.8 Å². The van der Waals surface area contributed by atoms with Crippen LogP contribution < -0.4 is 5.32 Å². The van der Waals surface area contributed by atoms with Crippen LogP contribution in [-0.2, 0) is 5.41 Å².